The van der Waals surface area contributed by atoms with E-state index in [4.69, 9.17) is 0 Å². The highest BCUT2D eigenvalue weighted by molar-refractivity contribution is 5.55. The lowest BCUT2D eigenvalue weighted by atomic mass is 10.1. The van der Waals surface area contributed by atoms with Crippen molar-refractivity contribution in [2.24, 2.45) is 0 Å². The van der Waals surface area contributed by atoms with Crippen molar-refractivity contribution in [1.82, 2.24) is 4.90 Å². The predicted octanol–water partition coefficient (Wildman–Crippen LogP) is 2.06. The summed E-state index contributed by atoms with van der Waals surface area (Å²) in [5, 5.41) is 3.30. The van der Waals surface area contributed by atoms with Gasteiger partial charge in [0.25, 0.3) is 0 Å². The normalized spacial score (nSPS) is 16.1. The molecule has 0 aliphatic carbocycles. The van der Waals surface area contributed by atoms with Crippen molar-refractivity contribution in [1.29, 1.82) is 0 Å². The fourth-order valence-electron chi connectivity index (χ4n) is 1.53. The minimum Gasteiger partial charge on any atom is -0.361 e. The molecule has 1 aliphatic heterocycles. The largest absolute Gasteiger partial charge is 0.361 e. The molecule has 1 N–H and O–H groups in total. The van der Waals surface area contributed by atoms with E-state index in [1.54, 1.807) is 0 Å². The Balaban J connectivity index is 2.35. The minimum atomic E-state index is 0.977. The Bertz CT molecular complexity index is 331. The Hall–Kier alpha value is -1.44. The van der Waals surface area contributed by atoms with Crippen LogP contribution in [0.1, 0.15) is 5.56 Å². The highest BCUT2D eigenvalue weighted by atomic mass is 15.2. The number of nitrogens with zero attached hydrogens (tertiary/aromatic N) is 1. The molecule has 0 saturated carbocycles. The Morgan fingerprint density at radius 1 is 1.38 bits per heavy atom. The number of fused-ring (bicyclic) bond motifs is 1. The molecule has 0 bridgehead atoms. The molecule has 0 aromatic heterocycles. The van der Waals surface area contributed by atoms with E-state index in [1.807, 2.05) is 6.07 Å². The summed E-state index contributed by atoms with van der Waals surface area (Å²) in [7, 11) is 2.06. The molecule has 1 aromatic rings. The van der Waals surface area contributed by atoms with Gasteiger partial charge in [-0.2, -0.15) is 0 Å². The maximum Gasteiger partial charge on any atom is 0.0981 e. The summed E-state index contributed by atoms with van der Waals surface area (Å²) < 4.78 is 0. The van der Waals surface area contributed by atoms with Crippen LogP contribution in [-0.2, 0) is 6.42 Å². The first-order valence-corrected chi connectivity index (χ1v) is 4.52. The van der Waals surface area contributed by atoms with Crippen LogP contribution in [0.5, 0.6) is 0 Å². The Labute approximate surface area is 78.9 Å². The molecule has 1 aliphatic rings. The van der Waals surface area contributed by atoms with Crippen LogP contribution in [0.25, 0.3) is 0 Å². The van der Waals surface area contributed by atoms with Crippen LogP contribution < -0.4 is 5.32 Å². The van der Waals surface area contributed by atoms with Crippen molar-refractivity contribution >= 4 is 5.69 Å². The molecule has 0 spiro atoms. The van der Waals surface area contributed by atoms with E-state index in [0.717, 1.165) is 18.8 Å². The Morgan fingerprint density at radius 2 is 2.15 bits per heavy atom. The lowest BCUT2D eigenvalue weighted by Gasteiger charge is -2.18. The van der Waals surface area contributed by atoms with E-state index in [-0.39, 0.29) is 0 Å². The molecule has 13 heavy (non-hydrogen) atoms. The average Bonchev–Trinajstić information content (AvgIpc) is 2.28. The first-order valence-electron chi connectivity index (χ1n) is 4.52. The summed E-state index contributed by atoms with van der Waals surface area (Å²) in [5.74, 6) is 0.977. The average molecular weight is 174 g/mol. The van der Waals surface area contributed by atoms with Gasteiger partial charge in [-0.25, -0.2) is 0 Å². The Kier molecular flexibility index (Phi) is 1.97. The molecule has 0 unspecified atom stereocenters. The van der Waals surface area contributed by atoms with Crippen LogP contribution in [0.2, 0.25) is 0 Å². The summed E-state index contributed by atoms with van der Waals surface area (Å²) in [4.78, 5) is 2.14. The maximum absolute atomic E-state index is 3.97. The second-order valence-electron chi connectivity index (χ2n) is 3.40. The van der Waals surface area contributed by atoms with Gasteiger partial charge in [-0.1, -0.05) is 24.8 Å². The number of hydrogen-bond donors (Lipinski definition) is 1. The lowest BCUT2D eigenvalue weighted by molar-refractivity contribution is 0.434. The third-order valence-electron chi connectivity index (χ3n) is 2.47. The van der Waals surface area contributed by atoms with E-state index in [9.17, 15) is 0 Å². The lowest BCUT2D eigenvalue weighted by Crippen LogP contribution is -2.21. The van der Waals surface area contributed by atoms with Crippen molar-refractivity contribution in [2.75, 3.05) is 18.9 Å². The smallest absolute Gasteiger partial charge is 0.0981 e. The number of anilines is 1. The molecule has 1 heterocycles. The van der Waals surface area contributed by atoms with E-state index in [0.29, 0.717) is 0 Å². The second-order valence-corrected chi connectivity index (χ2v) is 3.40. The van der Waals surface area contributed by atoms with Gasteiger partial charge in [0, 0.05) is 19.3 Å². The molecular formula is C11H14N2. The molecule has 0 fully saturated rings. The zero-order valence-electron chi connectivity index (χ0n) is 7.88. The third-order valence-corrected chi connectivity index (χ3v) is 2.47. The molecular weight excluding hydrogens is 160 g/mol. The summed E-state index contributed by atoms with van der Waals surface area (Å²) in [6, 6.07) is 8.38. The zero-order chi connectivity index (χ0) is 9.26. The predicted molar refractivity (Wildman–Crippen MR) is 55.5 cm³/mol. The van der Waals surface area contributed by atoms with Crippen LogP contribution in [0.3, 0.4) is 0 Å². The second kappa shape index (κ2) is 3.13. The standard InChI is InChI=1S/C11H14N2/c1-9-12-11-6-4-3-5-10(11)7-8-13(9)2/h3-6,12H,1,7-8H2,2H3. The van der Waals surface area contributed by atoms with E-state index in [2.05, 4.69) is 42.0 Å². The van der Waals surface area contributed by atoms with Crippen LogP contribution >= 0.6 is 0 Å². The number of likely N-dealkylation sites (N-methyl/N-ethyl adjacent to an activating group) is 1. The SMILES string of the molecule is C=C1Nc2ccccc2CCN1C. The van der Waals surface area contributed by atoms with Crippen molar-refractivity contribution < 1.29 is 0 Å². The molecule has 2 nitrogen and oxygen atoms in total. The summed E-state index contributed by atoms with van der Waals surface area (Å²) in [6.45, 7) is 5.00. The van der Waals surface area contributed by atoms with Gasteiger partial charge < -0.3 is 10.2 Å². The molecule has 0 amide bonds. The van der Waals surface area contributed by atoms with Gasteiger partial charge in [-0.05, 0) is 18.1 Å². The topological polar surface area (TPSA) is 15.3 Å². The monoisotopic (exact) mass is 174 g/mol. The van der Waals surface area contributed by atoms with Gasteiger partial charge in [0.15, 0.2) is 0 Å². The number of rotatable bonds is 0. The molecule has 0 atom stereocenters. The highest BCUT2D eigenvalue weighted by Gasteiger charge is 2.10. The zero-order valence-corrected chi connectivity index (χ0v) is 7.88. The minimum absolute atomic E-state index is 0.977. The molecule has 2 rings (SSSR count). The number of hydrogen-bond acceptors (Lipinski definition) is 2. The van der Waals surface area contributed by atoms with Crippen molar-refractivity contribution in [3.63, 3.8) is 0 Å². The quantitative estimate of drug-likeness (QED) is 0.647. The fraction of sp³-hybridized carbons (Fsp3) is 0.273. The van der Waals surface area contributed by atoms with Gasteiger partial charge >= 0.3 is 0 Å². The van der Waals surface area contributed by atoms with Gasteiger partial charge in [0.1, 0.15) is 0 Å². The van der Waals surface area contributed by atoms with Gasteiger partial charge in [0.2, 0.25) is 0 Å². The van der Waals surface area contributed by atoms with Crippen molar-refractivity contribution in [3.05, 3.63) is 42.2 Å². The summed E-state index contributed by atoms with van der Waals surface area (Å²) >= 11 is 0. The number of nitrogens with one attached hydrogen (secondary N) is 1. The van der Waals surface area contributed by atoms with Gasteiger partial charge in [0.05, 0.1) is 5.82 Å². The molecule has 0 saturated heterocycles. The molecule has 68 valence electrons. The third kappa shape index (κ3) is 1.52. The Morgan fingerprint density at radius 3 is 3.00 bits per heavy atom. The maximum atomic E-state index is 3.97. The van der Waals surface area contributed by atoms with E-state index < -0.39 is 0 Å². The summed E-state index contributed by atoms with van der Waals surface area (Å²) in [5.41, 5.74) is 2.56. The van der Waals surface area contributed by atoms with E-state index >= 15 is 0 Å². The van der Waals surface area contributed by atoms with Crippen molar-refractivity contribution in [2.45, 2.75) is 6.42 Å². The number of para-hydroxylation sites is 1. The van der Waals surface area contributed by atoms with Crippen LogP contribution in [-0.4, -0.2) is 18.5 Å². The number of benzene rings is 1. The summed E-state index contributed by atoms with van der Waals surface area (Å²) in [6.07, 6.45) is 1.08. The molecule has 1 aromatic carbocycles. The van der Waals surface area contributed by atoms with E-state index in [1.165, 1.54) is 11.3 Å². The fourth-order valence-corrected chi connectivity index (χ4v) is 1.53. The molecule has 2 heteroatoms. The highest BCUT2D eigenvalue weighted by Crippen LogP contribution is 2.21. The molecule has 0 radical (unpaired) electrons. The van der Waals surface area contributed by atoms with Crippen LogP contribution in [0, 0.1) is 0 Å². The van der Waals surface area contributed by atoms with Crippen molar-refractivity contribution in [3.8, 4) is 0 Å². The van der Waals surface area contributed by atoms with Gasteiger partial charge in [-0.15, -0.1) is 0 Å². The first-order chi connectivity index (χ1) is 6.27. The van der Waals surface area contributed by atoms with Gasteiger partial charge in [-0.3, -0.25) is 0 Å². The van der Waals surface area contributed by atoms with Crippen LogP contribution in [0.15, 0.2) is 36.7 Å². The first kappa shape index (κ1) is 8.17. The van der Waals surface area contributed by atoms with Crippen LogP contribution in [0.4, 0.5) is 5.69 Å².